The molecular formula is C18H26. The first-order valence-corrected chi connectivity index (χ1v) is 8.47. The van der Waals surface area contributed by atoms with Crippen molar-refractivity contribution in [3.8, 4) is 0 Å². The second-order valence-corrected chi connectivity index (χ2v) is 8.28. The van der Waals surface area contributed by atoms with E-state index in [-0.39, 0.29) is 0 Å². The Balaban J connectivity index is 1.63. The summed E-state index contributed by atoms with van der Waals surface area (Å²) in [5.41, 5.74) is 4.05. The van der Waals surface area contributed by atoms with E-state index >= 15 is 0 Å². The second kappa shape index (κ2) is 3.25. The van der Waals surface area contributed by atoms with E-state index in [4.69, 9.17) is 0 Å². The van der Waals surface area contributed by atoms with Crippen molar-refractivity contribution in [2.75, 3.05) is 0 Å². The van der Waals surface area contributed by atoms with E-state index < -0.39 is 0 Å². The van der Waals surface area contributed by atoms with Gasteiger partial charge >= 0.3 is 0 Å². The van der Waals surface area contributed by atoms with E-state index in [1.165, 1.54) is 25.7 Å². The molecule has 0 saturated heterocycles. The van der Waals surface area contributed by atoms with Crippen LogP contribution in [0, 0.1) is 47.3 Å². The molecule has 0 N–H and O–H groups in total. The zero-order valence-electron chi connectivity index (χ0n) is 11.9. The largest absolute Gasteiger partial charge is 0.0698 e. The molecule has 0 aromatic rings. The molecule has 8 atom stereocenters. The molecule has 0 aromatic carbocycles. The minimum atomic E-state index is 1.02. The Morgan fingerprint density at radius 3 is 1.67 bits per heavy atom. The highest BCUT2D eigenvalue weighted by Crippen LogP contribution is 2.70. The van der Waals surface area contributed by atoms with Crippen LogP contribution >= 0.6 is 0 Å². The summed E-state index contributed by atoms with van der Waals surface area (Å²) >= 11 is 0. The third-order valence-electron chi connectivity index (χ3n) is 7.86. The molecule has 98 valence electrons. The van der Waals surface area contributed by atoms with Crippen LogP contribution in [0.5, 0.6) is 0 Å². The fraction of sp³-hybridized carbons (Fsp3) is 0.889. The predicted molar refractivity (Wildman–Crippen MR) is 74.0 cm³/mol. The summed E-state index contributed by atoms with van der Waals surface area (Å²) < 4.78 is 0. The van der Waals surface area contributed by atoms with E-state index in [0.29, 0.717) is 0 Å². The average molecular weight is 242 g/mol. The number of rotatable bonds is 0. The predicted octanol–water partition coefficient (Wildman–Crippen LogP) is 4.66. The second-order valence-electron chi connectivity index (χ2n) is 8.28. The quantitative estimate of drug-likeness (QED) is 0.542. The van der Waals surface area contributed by atoms with Crippen LogP contribution in [0.15, 0.2) is 11.1 Å². The van der Waals surface area contributed by atoms with E-state index in [1.54, 1.807) is 12.8 Å². The molecular weight excluding hydrogens is 216 g/mol. The van der Waals surface area contributed by atoms with Gasteiger partial charge in [0.15, 0.2) is 0 Å². The van der Waals surface area contributed by atoms with E-state index in [2.05, 4.69) is 19.4 Å². The molecule has 18 heavy (non-hydrogen) atoms. The molecule has 0 heteroatoms. The minimum Gasteiger partial charge on any atom is -0.0698 e. The van der Waals surface area contributed by atoms with E-state index in [1.807, 2.05) is 5.57 Å². The van der Waals surface area contributed by atoms with Gasteiger partial charge in [-0.1, -0.05) is 37.8 Å². The van der Waals surface area contributed by atoms with Gasteiger partial charge in [0.2, 0.25) is 0 Å². The van der Waals surface area contributed by atoms with Gasteiger partial charge in [0.05, 0.1) is 0 Å². The van der Waals surface area contributed by atoms with Crippen molar-refractivity contribution < 1.29 is 0 Å². The van der Waals surface area contributed by atoms with Crippen molar-refractivity contribution in [2.24, 2.45) is 47.3 Å². The summed E-state index contributed by atoms with van der Waals surface area (Å²) in [7, 11) is 0. The molecule has 3 saturated carbocycles. The molecule has 0 radical (unpaired) electrons. The first-order valence-electron chi connectivity index (χ1n) is 8.47. The Hall–Kier alpha value is -0.260. The fourth-order valence-corrected chi connectivity index (χ4v) is 7.16. The monoisotopic (exact) mass is 242 g/mol. The van der Waals surface area contributed by atoms with Crippen molar-refractivity contribution in [3.63, 3.8) is 0 Å². The van der Waals surface area contributed by atoms with Gasteiger partial charge in [0, 0.05) is 0 Å². The Kier molecular flexibility index (Phi) is 1.90. The van der Waals surface area contributed by atoms with Gasteiger partial charge in [-0.25, -0.2) is 0 Å². The van der Waals surface area contributed by atoms with Crippen molar-refractivity contribution in [2.45, 2.75) is 52.4 Å². The molecule has 5 aliphatic rings. The lowest BCUT2D eigenvalue weighted by Crippen LogP contribution is -2.33. The van der Waals surface area contributed by atoms with Crippen LogP contribution in [0.1, 0.15) is 52.4 Å². The first-order chi connectivity index (χ1) is 8.75. The molecule has 7 unspecified atom stereocenters. The van der Waals surface area contributed by atoms with Crippen LogP contribution in [-0.4, -0.2) is 0 Å². The van der Waals surface area contributed by atoms with Crippen molar-refractivity contribution in [3.05, 3.63) is 11.1 Å². The van der Waals surface area contributed by atoms with Gasteiger partial charge in [-0.3, -0.25) is 0 Å². The molecule has 0 bridgehead atoms. The Bertz CT molecular complexity index is 393. The smallest absolute Gasteiger partial charge is 0.0132 e. The lowest BCUT2D eigenvalue weighted by Gasteiger charge is -2.40. The zero-order chi connectivity index (χ0) is 12.0. The normalized spacial score (nSPS) is 60.3. The highest BCUT2D eigenvalue weighted by molar-refractivity contribution is 5.40. The lowest BCUT2D eigenvalue weighted by molar-refractivity contribution is 0.0845. The molecule has 0 spiro atoms. The minimum absolute atomic E-state index is 1.02. The summed E-state index contributed by atoms with van der Waals surface area (Å²) in [6, 6.07) is 0. The Labute approximate surface area is 111 Å². The third kappa shape index (κ3) is 1.03. The van der Waals surface area contributed by atoms with Crippen LogP contribution in [0.3, 0.4) is 0 Å². The number of hydrogen-bond acceptors (Lipinski definition) is 0. The van der Waals surface area contributed by atoms with Crippen molar-refractivity contribution in [1.29, 1.82) is 0 Å². The SMILES string of the molecule is CC1CCC2C3CCC(C)[C@H]4CC5=C(C2C1C5)C34. The molecule has 0 nitrogen and oxygen atoms in total. The molecule has 0 heterocycles. The number of fused-ring (bicyclic) bond motifs is 1. The van der Waals surface area contributed by atoms with Crippen LogP contribution in [0.4, 0.5) is 0 Å². The maximum Gasteiger partial charge on any atom is -0.0132 e. The molecule has 3 fully saturated rings. The summed E-state index contributed by atoms with van der Waals surface area (Å²) in [5.74, 6) is 8.60. The number of allylic oxidation sites excluding steroid dienone is 2. The maximum absolute atomic E-state index is 2.55. The standard InChI is InChI=1S/C18H26/c1-9-3-5-12-13-6-4-10(2)15-8-11-7-14(9)17(12)16(11)18(13)15/h9-10,12-15,17-18H,3-8H2,1-2H3/t9?,10?,12?,13?,14-,15?,17?,18?/m1/s1. The topological polar surface area (TPSA) is 0 Å². The molecule has 0 aromatic heterocycles. The first kappa shape index (κ1) is 10.5. The summed E-state index contributed by atoms with van der Waals surface area (Å²) in [6.45, 7) is 5.09. The van der Waals surface area contributed by atoms with Gasteiger partial charge in [0.25, 0.3) is 0 Å². The molecule has 5 aliphatic carbocycles. The summed E-state index contributed by atoms with van der Waals surface area (Å²) in [4.78, 5) is 0. The molecule has 5 rings (SSSR count). The fourth-order valence-electron chi connectivity index (χ4n) is 7.16. The van der Waals surface area contributed by atoms with Gasteiger partial charge < -0.3 is 0 Å². The van der Waals surface area contributed by atoms with Gasteiger partial charge in [-0.15, -0.1) is 0 Å². The van der Waals surface area contributed by atoms with E-state index in [0.717, 1.165) is 47.3 Å². The lowest BCUT2D eigenvalue weighted by atomic mass is 9.64. The van der Waals surface area contributed by atoms with Crippen LogP contribution in [-0.2, 0) is 0 Å². The van der Waals surface area contributed by atoms with E-state index in [9.17, 15) is 0 Å². The average Bonchev–Trinajstić information content (AvgIpc) is 2.97. The van der Waals surface area contributed by atoms with Crippen molar-refractivity contribution in [1.82, 2.24) is 0 Å². The Morgan fingerprint density at radius 2 is 1.17 bits per heavy atom. The van der Waals surface area contributed by atoms with Gasteiger partial charge in [0.1, 0.15) is 0 Å². The van der Waals surface area contributed by atoms with Crippen LogP contribution in [0.25, 0.3) is 0 Å². The Morgan fingerprint density at radius 1 is 0.667 bits per heavy atom. The van der Waals surface area contributed by atoms with Crippen LogP contribution in [0.2, 0.25) is 0 Å². The van der Waals surface area contributed by atoms with Gasteiger partial charge in [-0.2, -0.15) is 0 Å². The van der Waals surface area contributed by atoms with Gasteiger partial charge in [-0.05, 0) is 73.0 Å². The summed E-state index contributed by atoms with van der Waals surface area (Å²) in [6.07, 6.45) is 9.25. The highest BCUT2D eigenvalue weighted by atomic mass is 14.7. The highest BCUT2D eigenvalue weighted by Gasteiger charge is 2.61. The third-order valence-corrected chi connectivity index (χ3v) is 7.86. The molecule has 0 amide bonds. The summed E-state index contributed by atoms with van der Waals surface area (Å²) in [5, 5.41) is 0. The zero-order valence-corrected chi connectivity index (χ0v) is 11.9. The maximum atomic E-state index is 2.55. The van der Waals surface area contributed by atoms with Crippen molar-refractivity contribution >= 4 is 0 Å². The van der Waals surface area contributed by atoms with Crippen LogP contribution < -0.4 is 0 Å². The number of hydrogen-bond donors (Lipinski definition) is 0. The molecule has 0 aliphatic heterocycles.